The van der Waals surface area contributed by atoms with Gasteiger partial charge in [-0.1, -0.05) is 58.6 Å². The highest BCUT2D eigenvalue weighted by molar-refractivity contribution is 6.34. The summed E-state index contributed by atoms with van der Waals surface area (Å²) < 4.78 is 0. The first-order chi connectivity index (χ1) is 9.66. The van der Waals surface area contributed by atoms with Gasteiger partial charge in [0.2, 0.25) is 0 Å². The molecular formula is C18H30ClNO2. The summed E-state index contributed by atoms with van der Waals surface area (Å²) in [5, 5.41) is 12.6. The van der Waals surface area contributed by atoms with E-state index in [1.807, 2.05) is 0 Å². The van der Waals surface area contributed by atoms with E-state index < -0.39 is 0 Å². The molecule has 3 nitrogen and oxygen atoms in total. The highest BCUT2D eigenvalue weighted by Gasteiger charge is 2.15. The van der Waals surface area contributed by atoms with Crippen LogP contribution in [0.3, 0.4) is 0 Å². The van der Waals surface area contributed by atoms with Crippen molar-refractivity contribution in [3.05, 3.63) is 28.8 Å². The maximum atomic E-state index is 12.1. The second kappa shape index (κ2) is 10.5. The van der Waals surface area contributed by atoms with Crippen LogP contribution in [-0.2, 0) is 0 Å². The predicted molar refractivity (Wildman–Crippen MR) is 94.7 cm³/mol. The van der Waals surface area contributed by atoms with Gasteiger partial charge in [-0.05, 0) is 37.0 Å². The average molecular weight is 328 g/mol. The van der Waals surface area contributed by atoms with Gasteiger partial charge in [0.15, 0.2) is 0 Å². The molecule has 0 atom stereocenters. The Bertz CT molecular complexity index is 454. The molecule has 1 aliphatic rings. The van der Waals surface area contributed by atoms with Crippen LogP contribution in [0.15, 0.2) is 18.2 Å². The Morgan fingerprint density at radius 3 is 2.32 bits per heavy atom. The molecule has 2 rings (SSSR count). The van der Waals surface area contributed by atoms with Crippen molar-refractivity contribution in [2.24, 2.45) is 5.92 Å². The van der Waals surface area contributed by atoms with E-state index in [9.17, 15) is 9.90 Å². The van der Waals surface area contributed by atoms with Gasteiger partial charge < -0.3 is 10.4 Å². The van der Waals surface area contributed by atoms with Gasteiger partial charge in [0.25, 0.3) is 5.91 Å². The Labute approximate surface area is 140 Å². The lowest BCUT2D eigenvalue weighted by molar-refractivity contribution is 0.0945. The van der Waals surface area contributed by atoms with Crippen molar-refractivity contribution in [2.75, 3.05) is 6.54 Å². The van der Waals surface area contributed by atoms with Gasteiger partial charge in [0.1, 0.15) is 5.75 Å². The van der Waals surface area contributed by atoms with Crippen LogP contribution in [-0.4, -0.2) is 17.6 Å². The molecule has 0 unspecified atom stereocenters. The summed E-state index contributed by atoms with van der Waals surface area (Å²) in [6.07, 6.45) is 8.90. The number of carbonyl (C=O) groups is 1. The molecule has 0 spiro atoms. The summed E-state index contributed by atoms with van der Waals surface area (Å²) in [6, 6.07) is 4.44. The van der Waals surface area contributed by atoms with Gasteiger partial charge in [-0.3, -0.25) is 4.79 Å². The molecule has 1 saturated carbocycles. The fraction of sp³-hybridized carbons (Fsp3) is 0.611. The molecule has 0 radical (unpaired) electrons. The maximum absolute atomic E-state index is 12.1. The van der Waals surface area contributed by atoms with Crippen molar-refractivity contribution in [3.8, 4) is 5.75 Å². The third kappa shape index (κ3) is 6.27. The molecule has 2 N–H and O–H groups in total. The number of aromatic hydroxyl groups is 1. The molecule has 0 heterocycles. The first-order valence-corrected chi connectivity index (χ1v) is 7.81. The van der Waals surface area contributed by atoms with E-state index in [0.717, 1.165) is 6.54 Å². The highest BCUT2D eigenvalue weighted by atomic mass is 35.5. The number of hydrogen-bond donors (Lipinski definition) is 2. The van der Waals surface area contributed by atoms with Crippen molar-refractivity contribution in [1.82, 2.24) is 5.32 Å². The van der Waals surface area contributed by atoms with Crippen molar-refractivity contribution in [1.29, 1.82) is 0 Å². The predicted octanol–water partition coefficient (Wildman–Crippen LogP) is 5.41. The summed E-state index contributed by atoms with van der Waals surface area (Å²) in [4.78, 5) is 12.1. The zero-order chi connectivity index (χ0) is 14.4. The minimum Gasteiger partial charge on any atom is -0.508 e. The zero-order valence-corrected chi connectivity index (χ0v) is 12.5. The van der Waals surface area contributed by atoms with Gasteiger partial charge in [0.05, 0.1) is 10.6 Å². The number of benzene rings is 1. The molecular weight excluding hydrogens is 298 g/mol. The van der Waals surface area contributed by atoms with Crippen molar-refractivity contribution < 1.29 is 9.90 Å². The average Bonchev–Trinajstić information content (AvgIpc) is 2.37. The lowest BCUT2D eigenvalue weighted by atomic mass is 9.91. The Morgan fingerprint density at radius 1 is 1.14 bits per heavy atom. The standard InChI is InChI=1S/C16H22ClNO2.2CH4/c17-15-10-13(19)8-9-14(15)16(20)18-11-12-6-4-2-1-3-5-7-12;;/h8-10,12,19H,1-7,11H2,(H,18,20);2*1H4. The first kappa shape index (κ1) is 20.8. The van der Waals surface area contributed by atoms with Crippen LogP contribution in [0.5, 0.6) is 5.75 Å². The van der Waals surface area contributed by atoms with Crippen molar-refractivity contribution in [2.45, 2.75) is 59.8 Å². The van der Waals surface area contributed by atoms with E-state index in [4.69, 9.17) is 11.6 Å². The Kier molecular flexibility index (Phi) is 9.91. The Hall–Kier alpha value is -1.22. The summed E-state index contributed by atoms with van der Waals surface area (Å²) in [6.45, 7) is 0.718. The van der Waals surface area contributed by atoms with Crippen molar-refractivity contribution in [3.63, 3.8) is 0 Å². The van der Waals surface area contributed by atoms with Gasteiger partial charge in [-0.15, -0.1) is 0 Å². The normalized spacial score (nSPS) is 15.7. The minimum absolute atomic E-state index is 0. The molecule has 1 amide bonds. The van der Waals surface area contributed by atoms with Gasteiger partial charge in [-0.2, -0.15) is 0 Å². The first-order valence-electron chi connectivity index (χ1n) is 7.43. The SMILES string of the molecule is C.C.O=C(NCC1CCCCCCC1)c1ccc(O)cc1Cl. The number of hydrogen-bond acceptors (Lipinski definition) is 2. The molecule has 1 aliphatic carbocycles. The summed E-state index contributed by atoms with van der Waals surface area (Å²) in [5.74, 6) is 0.499. The molecule has 22 heavy (non-hydrogen) atoms. The van der Waals surface area contributed by atoms with Crippen LogP contribution < -0.4 is 5.32 Å². The van der Waals surface area contributed by atoms with E-state index in [2.05, 4.69) is 5.32 Å². The molecule has 126 valence electrons. The number of phenolic OH excluding ortho intramolecular Hbond substituents is 1. The summed E-state index contributed by atoms with van der Waals surface area (Å²) >= 11 is 5.97. The number of carbonyl (C=O) groups excluding carboxylic acids is 1. The second-order valence-corrected chi connectivity index (χ2v) is 5.99. The van der Waals surface area contributed by atoms with Crippen LogP contribution in [0, 0.1) is 5.92 Å². The quantitative estimate of drug-likeness (QED) is 0.780. The summed E-state index contributed by atoms with van der Waals surface area (Å²) in [5.41, 5.74) is 0.426. The van der Waals surface area contributed by atoms with Gasteiger partial charge in [0, 0.05) is 6.54 Å². The van der Waals surface area contributed by atoms with Crippen LogP contribution >= 0.6 is 11.6 Å². The number of halogens is 1. The molecule has 0 saturated heterocycles. The fourth-order valence-corrected chi connectivity index (χ4v) is 3.03. The zero-order valence-electron chi connectivity index (χ0n) is 11.7. The van der Waals surface area contributed by atoms with E-state index >= 15 is 0 Å². The Balaban J connectivity index is 0.00000220. The van der Waals surface area contributed by atoms with Crippen molar-refractivity contribution >= 4 is 17.5 Å². The lowest BCUT2D eigenvalue weighted by Crippen LogP contribution is -2.29. The van der Waals surface area contributed by atoms with Crippen LogP contribution in [0.4, 0.5) is 0 Å². The smallest absolute Gasteiger partial charge is 0.252 e. The second-order valence-electron chi connectivity index (χ2n) is 5.59. The minimum atomic E-state index is -0.156. The van der Waals surface area contributed by atoms with Crippen LogP contribution in [0.25, 0.3) is 0 Å². The molecule has 1 aromatic carbocycles. The fourth-order valence-electron chi connectivity index (χ4n) is 2.77. The molecule has 0 aliphatic heterocycles. The molecule has 0 aromatic heterocycles. The molecule has 0 bridgehead atoms. The summed E-state index contributed by atoms with van der Waals surface area (Å²) in [7, 11) is 0. The number of nitrogens with one attached hydrogen (secondary N) is 1. The largest absolute Gasteiger partial charge is 0.508 e. The molecule has 1 fully saturated rings. The number of phenols is 1. The Morgan fingerprint density at radius 2 is 1.73 bits per heavy atom. The number of rotatable bonds is 3. The third-order valence-corrected chi connectivity index (χ3v) is 4.29. The highest BCUT2D eigenvalue weighted by Crippen LogP contribution is 2.23. The molecule has 1 aromatic rings. The lowest BCUT2D eigenvalue weighted by Gasteiger charge is -2.20. The molecule has 4 heteroatoms. The van der Waals surface area contributed by atoms with E-state index in [0.29, 0.717) is 16.5 Å². The van der Waals surface area contributed by atoms with E-state index in [-0.39, 0.29) is 26.5 Å². The van der Waals surface area contributed by atoms with Crippen LogP contribution in [0.1, 0.15) is 70.2 Å². The number of amides is 1. The van der Waals surface area contributed by atoms with Gasteiger partial charge >= 0.3 is 0 Å². The van der Waals surface area contributed by atoms with E-state index in [1.165, 1.54) is 57.1 Å². The monoisotopic (exact) mass is 327 g/mol. The van der Waals surface area contributed by atoms with E-state index in [1.54, 1.807) is 6.07 Å². The van der Waals surface area contributed by atoms with Gasteiger partial charge in [-0.25, -0.2) is 0 Å². The topological polar surface area (TPSA) is 49.3 Å². The maximum Gasteiger partial charge on any atom is 0.252 e. The van der Waals surface area contributed by atoms with Crippen LogP contribution in [0.2, 0.25) is 5.02 Å². The third-order valence-electron chi connectivity index (χ3n) is 3.97.